The van der Waals surface area contributed by atoms with Crippen molar-refractivity contribution >= 4 is 28.0 Å². The van der Waals surface area contributed by atoms with Crippen LogP contribution in [-0.4, -0.2) is 26.5 Å². The second-order valence-corrected chi connectivity index (χ2v) is 8.91. The molecule has 0 bridgehead atoms. The summed E-state index contributed by atoms with van der Waals surface area (Å²) in [5, 5.41) is 18.5. The number of carboxylic acid groups (broad SMARTS) is 1. The fraction of sp³-hybridized carbons (Fsp3) is 0. The van der Waals surface area contributed by atoms with Gasteiger partial charge in [-0.15, -0.1) is 5.10 Å². The molecule has 0 aliphatic carbocycles. The predicted molar refractivity (Wildman–Crippen MR) is 90.7 cm³/mol. The number of aromatic amines is 1. The number of hydrogen-bond donors (Lipinski definition) is 2. The molecule has 0 saturated carbocycles. The van der Waals surface area contributed by atoms with Crippen molar-refractivity contribution in [1.82, 2.24) is 15.4 Å². The Morgan fingerprint density at radius 3 is 1.93 bits per heavy atom. The Labute approximate surface area is 153 Å². The van der Waals surface area contributed by atoms with Gasteiger partial charge in [0, 0.05) is 4.90 Å². The molecule has 0 spiro atoms. The Balaban J connectivity index is 1.82. The zero-order chi connectivity index (χ0) is 19.9. The van der Waals surface area contributed by atoms with Crippen LogP contribution in [0.2, 0.25) is 0 Å². The van der Waals surface area contributed by atoms with Gasteiger partial charge in [-0.05, 0) is 35.4 Å². The van der Waals surface area contributed by atoms with Crippen LogP contribution in [-0.2, 0) is 0 Å². The minimum Gasteiger partial charge on any atom is -0.476 e. The van der Waals surface area contributed by atoms with Gasteiger partial charge in [-0.3, -0.25) is 5.10 Å². The van der Waals surface area contributed by atoms with Gasteiger partial charge in [0.05, 0.1) is 0 Å². The summed E-state index contributed by atoms with van der Waals surface area (Å²) in [5.74, 6) is -1.24. The second kappa shape index (κ2) is 5.70. The Morgan fingerprint density at radius 2 is 1.44 bits per heavy atom. The van der Waals surface area contributed by atoms with Crippen LogP contribution in [0.5, 0.6) is 0 Å². The molecule has 0 amide bonds. The van der Waals surface area contributed by atoms with Crippen LogP contribution < -0.4 is 0 Å². The van der Waals surface area contributed by atoms with Crippen molar-refractivity contribution in [2.45, 2.75) is 14.8 Å². The van der Waals surface area contributed by atoms with Crippen LogP contribution in [0.15, 0.2) is 63.3 Å². The third kappa shape index (κ3) is 4.39. The first-order chi connectivity index (χ1) is 12.3. The number of aromatic nitrogens is 3. The van der Waals surface area contributed by atoms with E-state index >= 15 is 0 Å². The van der Waals surface area contributed by atoms with E-state index in [9.17, 15) is 24.2 Å². The van der Waals surface area contributed by atoms with E-state index in [4.69, 9.17) is 5.11 Å². The molecule has 0 unspecified atom stereocenters. The molecule has 3 rings (SSSR count). The first kappa shape index (κ1) is 19.2. The van der Waals surface area contributed by atoms with Crippen LogP contribution in [0.3, 0.4) is 0 Å². The monoisotopic (exact) mass is 423 g/mol. The van der Waals surface area contributed by atoms with Gasteiger partial charge in [0.25, 0.3) is 0 Å². The summed E-state index contributed by atoms with van der Waals surface area (Å²) >= 11 is 1.05. The lowest BCUT2D eigenvalue weighted by atomic mass is 10.1. The second-order valence-electron chi connectivity index (χ2n) is 5.41. The van der Waals surface area contributed by atoms with Crippen molar-refractivity contribution in [2.75, 3.05) is 0 Å². The smallest absolute Gasteiger partial charge is 0.359 e. The van der Waals surface area contributed by atoms with Gasteiger partial charge < -0.3 is 5.11 Å². The summed E-state index contributed by atoms with van der Waals surface area (Å²) in [6.45, 7) is 0. The maximum atomic E-state index is 12.7. The standard InChI is InChI=1S/C15H10F5N3O2S2/c16-27(17,18,19,20)12-7-3-10(4-8-12)9-1-5-11(6-2-9)26-14-13(15(24)25)21-23-22-14/h1-8H,(H,24,25)(H,21,22,23). The number of nitrogens with zero attached hydrogens (tertiary/aromatic N) is 2. The van der Waals surface area contributed by atoms with Crippen molar-refractivity contribution < 1.29 is 29.3 Å². The highest BCUT2D eigenvalue weighted by atomic mass is 32.5. The predicted octanol–water partition coefficient (Wildman–Crippen LogP) is 5.98. The average Bonchev–Trinajstić information content (AvgIpc) is 3.02. The zero-order valence-corrected chi connectivity index (χ0v) is 14.7. The van der Waals surface area contributed by atoms with Gasteiger partial charge in [-0.1, -0.05) is 60.7 Å². The summed E-state index contributed by atoms with van der Waals surface area (Å²) in [6.07, 6.45) is 0. The van der Waals surface area contributed by atoms with E-state index in [1.54, 1.807) is 24.3 Å². The van der Waals surface area contributed by atoms with Gasteiger partial charge in [-0.2, -0.15) is 0 Å². The van der Waals surface area contributed by atoms with Crippen LogP contribution in [0, 0.1) is 0 Å². The molecule has 0 saturated heterocycles. The quantitative estimate of drug-likeness (QED) is 0.494. The molecule has 0 fully saturated rings. The molecular formula is C15H10F5N3O2S2. The molecule has 1 aromatic heterocycles. The minimum atomic E-state index is -9.69. The van der Waals surface area contributed by atoms with Crippen molar-refractivity contribution in [3.63, 3.8) is 0 Å². The normalized spacial score (nSPS) is 14.4. The maximum Gasteiger partial charge on any atom is 0.359 e. The summed E-state index contributed by atoms with van der Waals surface area (Å²) in [6, 6.07) is 9.00. The molecule has 1 heterocycles. The number of carboxylic acids is 1. The number of H-pyrrole nitrogens is 1. The summed E-state index contributed by atoms with van der Waals surface area (Å²) in [5.41, 5.74) is 0.594. The number of aromatic carboxylic acids is 1. The Bertz CT molecular complexity index is 1000. The van der Waals surface area contributed by atoms with Gasteiger partial charge in [0.2, 0.25) is 5.69 Å². The molecule has 0 aliphatic rings. The summed E-state index contributed by atoms with van der Waals surface area (Å²) in [7, 11) is -9.69. The third-order valence-corrected chi connectivity index (χ3v) is 5.59. The topological polar surface area (TPSA) is 78.9 Å². The van der Waals surface area contributed by atoms with Crippen LogP contribution in [0.4, 0.5) is 19.4 Å². The Kier molecular flexibility index (Phi) is 4.04. The maximum absolute atomic E-state index is 12.7. The lowest BCUT2D eigenvalue weighted by molar-refractivity contribution is 0.0686. The highest BCUT2D eigenvalue weighted by molar-refractivity contribution is 8.45. The molecule has 27 heavy (non-hydrogen) atoms. The number of halogens is 5. The summed E-state index contributed by atoms with van der Waals surface area (Å²) in [4.78, 5) is 9.66. The fourth-order valence-corrected chi connectivity index (χ4v) is 3.64. The van der Waals surface area contributed by atoms with Gasteiger partial charge in [0.15, 0.2) is 0 Å². The molecule has 3 aromatic rings. The lowest BCUT2D eigenvalue weighted by Crippen LogP contribution is -2.05. The number of nitrogens with one attached hydrogen (secondary N) is 1. The Morgan fingerprint density at radius 1 is 0.926 bits per heavy atom. The van der Waals surface area contributed by atoms with E-state index in [0.29, 0.717) is 28.2 Å². The molecule has 5 nitrogen and oxygen atoms in total. The molecular weight excluding hydrogens is 413 g/mol. The van der Waals surface area contributed by atoms with E-state index in [-0.39, 0.29) is 10.7 Å². The number of rotatable bonds is 5. The largest absolute Gasteiger partial charge is 0.476 e. The fourth-order valence-electron chi connectivity index (χ4n) is 2.17. The van der Waals surface area contributed by atoms with E-state index < -0.39 is 21.1 Å². The number of carbonyl (C=O) groups is 1. The lowest BCUT2D eigenvalue weighted by Gasteiger charge is -2.40. The molecule has 2 N–H and O–H groups in total. The highest BCUT2D eigenvalue weighted by Gasteiger charge is 2.65. The van der Waals surface area contributed by atoms with Crippen LogP contribution in [0.1, 0.15) is 10.5 Å². The molecule has 2 aromatic carbocycles. The SMILES string of the molecule is O=C(O)c1nn[nH]c1Sc1ccc(-c2ccc(S(F)(F)(F)(F)F)cc2)cc1. The zero-order valence-electron chi connectivity index (χ0n) is 13.1. The van der Waals surface area contributed by atoms with Crippen molar-refractivity contribution in [3.05, 3.63) is 54.2 Å². The summed E-state index contributed by atoms with van der Waals surface area (Å²) < 4.78 is 63.7. The molecule has 0 aliphatic heterocycles. The van der Waals surface area contributed by atoms with Crippen LogP contribution in [0.25, 0.3) is 11.1 Å². The minimum absolute atomic E-state index is 0.218. The molecule has 0 atom stereocenters. The third-order valence-electron chi connectivity index (χ3n) is 3.43. The van der Waals surface area contributed by atoms with E-state index in [1.807, 2.05) is 0 Å². The number of hydrogen-bond acceptors (Lipinski definition) is 4. The van der Waals surface area contributed by atoms with Gasteiger partial charge in [-0.25, -0.2) is 4.79 Å². The average molecular weight is 423 g/mol. The molecule has 12 heteroatoms. The van der Waals surface area contributed by atoms with Crippen molar-refractivity contribution in [1.29, 1.82) is 0 Å². The first-order valence-corrected chi connectivity index (χ1v) is 9.87. The van der Waals surface area contributed by atoms with Crippen molar-refractivity contribution in [3.8, 4) is 11.1 Å². The molecule has 0 radical (unpaired) electrons. The Hall–Kier alpha value is -2.60. The van der Waals surface area contributed by atoms with E-state index in [0.717, 1.165) is 23.9 Å². The van der Waals surface area contributed by atoms with Gasteiger partial charge >= 0.3 is 16.2 Å². The number of benzene rings is 2. The van der Waals surface area contributed by atoms with E-state index in [2.05, 4.69) is 15.4 Å². The highest BCUT2D eigenvalue weighted by Crippen LogP contribution is 3.02. The van der Waals surface area contributed by atoms with E-state index in [1.165, 1.54) is 0 Å². The molecule has 144 valence electrons. The van der Waals surface area contributed by atoms with Crippen LogP contribution >= 0.6 is 22.0 Å². The van der Waals surface area contributed by atoms with Gasteiger partial charge in [0.1, 0.15) is 9.92 Å². The first-order valence-electron chi connectivity index (χ1n) is 7.10. The van der Waals surface area contributed by atoms with Crippen molar-refractivity contribution in [2.24, 2.45) is 0 Å².